The van der Waals surface area contributed by atoms with Crippen molar-refractivity contribution in [3.05, 3.63) is 0 Å². The van der Waals surface area contributed by atoms with E-state index in [9.17, 15) is 14.4 Å². The van der Waals surface area contributed by atoms with Gasteiger partial charge in [0.1, 0.15) is 12.3 Å². The molecule has 110 valence electrons. The largest absolute Gasteiger partial charge is 0.480 e. The number of hydrogen-bond acceptors (Lipinski definition) is 4. The van der Waals surface area contributed by atoms with Gasteiger partial charge in [-0.1, -0.05) is 19.8 Å². The number of carboxylic acid groups (broad SMARTS) is 1. The summed E-state index contributed by atoms with van der Waals surface area (Å²) in [6.07, 6.45) is 4.08. The van der Waals surface area contributed by atoms with E-state index in [2.05, 4.69) is 17.6 Å². The van der Waals surface area contributed by atoms with Crippen LogP contribution >= 0.6 is 0 Å². The molecule has 0 aromatic rings. The number of hydrogen-bond donors (Lipinski definition) is 3. The van der Waals surface area contributed by atoms with Crippen LogP contribution in [0.5, 0.6) is 0 Å². The molecule has 1 amide bonds. The average molecular weight is 272 g/mol. The molecule has 0 radical (unpaired) electrons. The number of nitrogens with one attached hydrogen (secondary N) is 2. The summed E-state index contributed by atoms with van der Waals surface area (Å²) in [6, 6.07) is -1.44. The van der Waals surface area contributed by atoms with Crippen LogP contribution < -0.4 is 10.6 Å². The van der Waals surface area contributed by atoms with E-state index in [4.69, 9.17) is 5.11 Å². The molecule has 0 aromatic heterocycles. The van der Waals surface area contributed by atoms with Gasteiger partial charge < -0.3 is 20.5 Å². The van der Waals surface area contributed by atoms with Crippen molar-refractivity contribution in [3.63, 3.8) is 0 Å². The molecule has 0 aliphatic heterocycles. The molecule has 2 atom stereocenters. The first-order chi connectivity index (χ1) is 9.02. The molecule has 6 nitrogen and oxygen atoms in total. The Kier molecular flexibility index (Phi) is 9.70. The number of carboxylic acids is 1. The van der Waals surface area contributed by atoms with Crippen LogP contribution in [0.2, 0.25) is 0 Å². The maximum Gasteiger partial charge on any atom is 0.326 e. The summed E-state index contributed by atoms with van der Waals surface area (Å²) >= 11 is 0. The molecule has 0 bridgehead atoms. The zero-order valence-electron chi connectivity index (χ0n) is 11.6. The van der Waals surface area contributed by atoms with Crippen molar-refractivity contribution in [2.24, 2.45) is 0 Å². The van der Waals surface area contributed by atoms with Gasteiger partial charge in [-0.15, -0.1) is 0 Å². The molecule has 0 unspecified atom stereocenters. The molecule has 0 heterocycles. The van der Waals surface area contributed by atoms with E-state index < -0.39 is 18.1 Å². The van der Waals surface area contributed by atoms with Crippen LogP contribution in [0.1, 0.15) is 46.0 Å². The van der Waals surface area contributed by atoms with Gasteiger partial charge in [0.2, 0.25) is 5.91 Å². The maximum atomic E-state index is 11.8. The van der Waals surface area contributed by atoms with Crippen molar-refractivity contribution in [2.45, 2.75) is 58.0 Å². The van der Waals surface area contributed by atoms with Crippen LogP contribution in [0, 0.1) is 0 Å². The van der Waals surface area contributed by atoms with Crippen molar-refractivity contribution in [2.75, 3.05) is 6.54 Å². The zero-order chi connectivity index (χ0) is 14.7. The first-order valence-corrected chi connectivity index (χ1v) is 6.73. The van der Waals surface area contributed by atoms with E-state index in [1.54, 1.807) is 6.92 Å². The lowest BCUT2D eigenvalue weighted by molar-refractivity contribution is -0.142. The highest BCUT2D eigenvalue weighted by Gasteiger charge is 2.22. The minimum absolute atomic E-state index is 0.118. The summed E-state index contributed by atoms with van der Waals surface area (Å²) in [5, 5.41) is 14.4. The number of unbranched alkanes of at least 4 members (excludes halogenated alkanes) is 2. The minimum atomic E-state index is -1.12. The maximum absolute atomic E-state index is 11.8. The van der Waals surface area contributed by atoms with Crippen LogP contribution in [0.3, 0.4) is 0 Å². The third-order valence-electron chi connectivity index (χ3n) is 2.81. The lowest BCUT2D eigenvalue weighted by Gasteiger charge is -2.18. The Hall–Kier alpha value is -1.43. The fraction of sp³-hybridized carbons (Fsp3) is 0.769. The highest BCUT2D eigenvalue weighted by molar-refractivity contribution is 5.86. The van der Waals surface area contributed by atoms with Crippen molar-refractivity contribution >= 4 is 18.2 Å². The highest BCUT2D eigenvalue weighted by Crippen LogP contribution is 1.98. The smallest absolute Gasteiger partial charge is 0.326 e. The van der Waals surface area contributed by atoms with E-state index in [1.807, 2.05) is 0 Å². The monoisotopic (exact) mass is 272 g/mol. The first-order valence-electron chi connectivity index (χ1n) is 6.73. The van der Waals surface area contributed by atoms with Gasteiger partial charge >= 0.3 is 5.97 Å². The third kappa shape index (κ3) is 8.31. The second kappa shape index (κ2) is 10.5. The molecular formula is C13H24N2O4. The molecule has 19 heavy (non-hydrogen) atoms. The zero-order valence-corrected chi connectivity index (χ0v) is 11.6. The topological polar surface area (TPSA) is 95.5 Å². The molecular weight excluding hydrogens is 248 g/mol. The summed E-state index contributed by atoms with van der Waals surface area (Å²) in [5.41, 5.74) is 0. The minimum Gasteiger partial charge on any atom is -0.480 e. The van der Waals surface area contributed by atoms with Gasteiger partial charge in [0.05, 0.1) is 6.04 Å². The number of aliphatic carboxylic acids is 1. The van der Waals surface area contributed by atoms with Gasteiger partial charge in [0.15, 0.2) is 0 Å². The standard InChI is InChI=1S/C13H24N2O4/c1-3-4-5-8-14-10(2)12(17)15-11(13(18)19)7-6-9-16/h9-11,14H,3-8H2,1-2H3,(H,15,17)(H,18,19)/t10-,11+/m0/s1. The van der Waals surface area contributed by atoms with Gasteiger partial charge in [0.25, 0.3) is 0 Å². The summed E-state index contributed by atoms with van der Waals surface area (Å²) in [4.78, 5) is 32.9. The Bertz CT molecular complexity index is 294. The summed E-state index contributed by atoms with van der Waals surface area (Å²) in [7, 11) is 0. The number of rotatable bonds is 11. The average Bonchev–Trinajstić information content (AvgIpc) is 2.38. The highest BCUT2D eigenvalue weighted by atomic mass is 16.4. The van der Waals surface area contributed by atoms with Gasteiger partial charge in [-0.25, -0.2) is 4.79 Å². The Morgan fingerprint density at radius 3 is 2.53 bits per heavy atom. The van der Waals surface area contributed by atoms with Crippen LogP contribution in [0.25, 0.3) is 0 Å². The number of carbonyl (C=O) groups is 3. The van der Waals surface area contributed by atoms with E-state index in [0.717, 1.165) is 25.8 Å². The lowest BCUT2D eigenvalue weighted by atomic mass is 10.1. The Morgan fingerprint density at radius 1 is 1.32 bits per heavy atom. The molecule has 0 aliphatic carbocycles. The van der Waals surface area contributed by atoms with Crippen LogP contribution in [0.15, 0.2) is 0 Å². The van der Waals surface area contributed by atoms with E-state index in [1.165, 1.54) is 0 Å². The molecule has 0 saturated heterocycles. The normalized spacial score (nSPS) is 13.6. The lowest BCUT2D eigenvalue weighted by Crippen LogP contribution is -2.49. The molecule has 0 rings (SSSR count). The third-order valence-corrected chi connectivity index (χ3v) is 2.81. The van der Waals surface area contributed by atoms with Gasteiger partial charge in [-0.2, -0.15) is 0 Å². The van der Waals surface area contributed by atoms with E-state index >= 15 is 0 Å². The van der Waals surface area contributed by atoms with Gasteiger partial charge in [-0.3, -0.25) is 4.79 Å². The van der Waals surface area contributed by atoms with Crippen molar-refractivity contribution in [1.29, 1.82) is 0 Å². The fourth-order valence-electron chi connectivity index (χ4n) is 1.58. The number of aldehydes is 1. The van der Waals surface area contributed by atoms with Crippen LogP contribution in [-0.2, 0) is 14.4 Å². The summed E-state index contributed by atoms with van der Waals surface area (Å²) < 4.78 is 0. The van der Waals surface area contributed by atoms with Crippen molar-refractivity contribution in [3.8, 4) is 0 Å². The Balaban J connectivity index is 4.08. The molecule has 0 fully saturated rings. The Morgan fingerprint density at radius 2 is 2.00 bits per heavy atom. The molecule has 0 spiro atoms. The van der Waals surface area contributed by atoms with Crippen molar-refractivity contribution in [1.82, 2.24) is 10.6 Å². The predicted octanol–water partition coefficient (Wildman–Crippen LogP) is 0.703. The molecule has 0 saturated carbocycles. The molecule has 6 heteroatoms. The van der Waals surface area contributed by atoms with E-state index in [0.29, 0.717) is 6.29 Å². The van der Waals surface area contributed by atoms with Gasteiger partial charge in [0, 0.05) is 6.42 Å². The van der Waals surface area contributed by atoms with E-state index in [-0.39, 0.29) is 18.7 Å². The summed E-state index contributed by atoms with van der Waals surface area (Å²) in [6.45, 7) is 4.52. The SMILES string of the molecule is CCCCCN[C@@H](C)C(=O)N[C@H](CCC=O)C(=O)O. The quantitative estimate of drug-likeness (QED) is 0.380. The second-order valence-electron chi connectivity index (χ2n) is 4.53. The molecule has 0 aromatic carbocycles. The number of amides is 1. The van der Waals surface area contributed by atoms with Crippen molar-refractivity contribution < 1.29 is 19.5 Å². The first kappa shape index (κ1) is 17.6. The molecule has 0 aliphatic rings. The van der Waals surface area contributed by atoms with Crippen LogP contribution in [0.4, 0.5) is 0 Å². The molecule has 3 N–H and O–H groups in total. The Labute approximate surface area is 113 Å². The fourth-order valence-corrected chi connectivity index (χ4v) is 1.58. The van der Waals surface area contributed by atoms with Gasteiger partial charge in [-0.05, 0) is 26.3 Å². The number of carbonyl (C=O) groups excluding carboxylic acids is 2. The predicted molar refractivity (Wildman–Crippen MR) is 71.9 cm³/mol. The second-order valence-corrected chi connectivity index (χ2v) is 4.53. The summed E-state index contributed by atoms with van der Waals surface area (Å²) in [5.74, 6) is -1.47. The van der Waals surface area contributed by atoms with Crippen LogP contribution in [-0.4, -0.2) is 41.9 Å².